The summed E-state index contributed by atoms with van der Waals surface area (Å²) >= 11 is 0. The molecule has 4 heteroatoms. The fourth-order valence-corrected chi connectivity index (χ4v) is 1.64. The second kappa shape index (κ2) is 4.99. The number of carboxylic acid groups (broad SMARTS) is 1. The molecule has 1 fully saturated rings. The third kappa shape index (κ3) is 3.59. The van der Waals surface area contributed by atoms with E-state index in [1.807, 2.05) is 0 Å². The number of rotatable bonds is 5. The summed E-state index contributed by atoms with van der Waals surface area (Å²) in [7, 11) is 0. The van der Waals surface area contributed by atoms with Crippen molar-refractivity contribution in [3.63, 3.8) is 0 Å². The summed E-state index contributed by atoms with van der Waals surface area (Å²) < 4.78 is 0. The SMILES string of the molecule is O=C(Cc1cccc(C(=O)O)c1)NCC1CC1. The maximum Gasteiger partial charge on any atom is 0.335 e. The largest absolute Gasteiger partial charge is 0.478 e. The lowest BCUT2D eigenvalue weighted by atomic mass is 10.1. The minimum atomic E-state index is -0.967. The Morgan fingerprint density at radius 2 is 2.12 bits per heavy atom. The molecule has 0 saturated heterocycles. The molecule has 0 radical (unpaired) electrons. The highest BCUT2D eigenvalue weighted by atomic mass is 16.4. The van der Waals surface area contributed by atoms with E-state index in [9.17, 15) is 9.59 Å². The van der Waals surface area contributed by atoms with Crippen molar-refractivity contribution in [2.45, 2.75) is 19.3 Å². The normalized spacial score (nSPS) is 14.4. The summed E-state index contributed by atoms with van der Waals surface area (Å²) in [5, 5.41) is 11.7. The number of benzene rings is 1. The van der Waals surface area contributed by atoms with Gasteiger partial charge < -0.3 is 10.4 Å². The first kappa shape index (κ1) is 11.6. The van der Waals surface area contributed by atoms with E-state index in [4.69, 9.17) is 5.11 Å². The summed E-state index contributed by atoms with van der Waals surface area (Å²) in [5.74, 6) is -0.353. The Labute approximate surface area is 99.6 Å². The maximum atomic E-state index is 11.6. The quantitative estimate of drug-likeness (QED) is 0.809. The van der Waals surface area contributed by atoms with Crippen molar-refractivity contribution in [3.8, 4) is 0 Å². The van der Waals surface area contributed by atoms with Gasteiger partial charge in [0.1, 0.15) is 0 Å². The second-order valence-corrected chi connectivity index (χ2v) is 4.43. The van der Waals surface area contributed by atoms with Crippen LogP contribution in [0.1, 0.15) is 28.8 Å². The fourth-order valence-electron chi connectivity index (χ4n) is 1.64. The molecule has 1 aromatic rings. The number of hydrogen-bond donors (Lipinski definition) is 2. The van der Waals surface area contributed by atoms with Gasteiger partial charge in [0.2, 0.25) is 5.91 Å². The maximum absolute atomic E-state index is 11.6. The molecular weight excluding hydrogens is 218 g/mol. The van der Waals surface area contributed by atoms with Crippen LogP contribution in [0.25, 0.3) is 0 Å². The summed E-state index contributed by atoms with van der Waals surface area (Å²) in [5.41, 5.74) is 0.954. The summed E-state index contributed by atoms with van der Waals surface area (Å²) in [6, 6.07) is 6.49. The molecule has 0 unspecified atom stereocenters. The molecule has 4 nitrogen and oxygen atoms in total. The Kier molecular flexibility index (Phi) is 3.42. The summed E-state index contributed by atoms with van der Waals surface area (Å²) in [6.45, 7) is 0.747. The van der Waals surface area contributed by atoms with E-state index in [2.05, 4.69) is 5.32 Å². The van der Waals surface area contributed by atoms with Crippen molar-refractivity contribution in [1.82, 2.24) is 5.32 Å². The molecular formula is C13H15NO3. The van der Waals surface area contributed by atoms with E-state index >= 15 is 0 Å². The third-order valence-electron chi connectivity index (χ3n) is 2.82. The van der Waals surface area contributed by atoms with Crippen molar-refractivity contribution < 1.29 is 14.7 Å². The van der Waals surface area contributed by atoms with Crippen LogP contribution in [-0.2, 0) is 11.2 Å². The van der Waals surface area contributed by atoms with Crippen molar-refractivity contribution >= 4 is 11.9 Å². The van der Waals surface area contributed by atoms with Crippen LogP contribution in [0.2, 0.25) is 0 Å². The van der Waals surface area contributed by atoms with Crippen LogP contribution in [0.3, 0.4) is 0 Å². The molecule has 1 amide bonds. The van der Waals surface area contributed by atoms with Gasteiger partial charge in [-0.25, -0.2) is 4.79 Å². The average Bonchev–Trinajstić information content (AvgIpc) is 3.10. The monoisotopic (exact) mass is 233 g/mol. The van der Waals surface area contributed by atoms with Crippen molar-refractivity contribution in [2.24, 2.45) is 5.92 Å². The van der Waals surface area contributed by atoms with Crippen molar-refractivity contribution in [3.05, 3.63) is 35.4 Å². The minimum Gasteiger partial charge on any atom is -0.478 e. The highest BCUT2D eigenvalue weighted by Gasteiger charge is 2.21. The Morgan fingerprint density at radius 1 is 1.35 bits per heavy atom. The van der Waals surface area contributed by atoms with Crippen LogP contribution >= 0.6 is 0 Å². The van der Waals surface area contributed by atoms with Crippen LogP contribution in [-0.4, -0.2) is 23.5 Å². The Hall–Kier alpha value is -1.84. The molecule has 0 aromatic heterocycles. The molecule has 0 atom stereocenters. The van der Waals surface area contributed by atoms with Gasteiger partial charge >= 0.3 is 5.97 Å². The highest BCUT2D eigenvalue weighted by molar-refractivity contribution is 5.88. The number of carbonyl (C=O) groups is 2. The first-order valence-electron chi connectivity index (χ1n) is 5.74. The summed E-state index contributed by atoms with van der Waals surface area (Å²) in [6.07, 6.45) is 2.65. The van der Waals surface area contributed by atoms with E-state index in [0.717, 1.165) is 12.1 Å². The third-order valence-corrected chi connectivity index (χ3v) is 2.82. The van der Waals surface area contributed by atoms with Gasteiger partial charge in [-0.3, -0.25) is 4.79 Å². The lowest BCUT2D eigenvalue weighted by Gasteiger charge is -2.04. The van der Waals surface area contributed by atoms with E-state index in [1.54, 1.807) is 18.2 Å². The van der Waals surface area contributed by atoms with Gasteiger partial charge in [-0.15, -0.1) is 0 Å². The Balaban J connectivity index is 1.90. The van der Waals surface area contributed by atoms with Crippen LogP contribution in [0.5, 0.6) is 0 Å². The van der Waals surface area contributed by atoms with Crippen LogP contribution in [0.15, 0.2) is 24.3 Å². The smallest absolute Gasteiger partial charge is 0.335 e. The van der Waals surface area contributed by atoms with Gasteiger partial charge in [-0.1, -0.05) is 12.1 Å². The molecule has 0 bridgehead atoms. The first-order valence-corrected chi connectivity index (χ1v) is 5.74. The zero-order valence-corrected chi connectivity index (χ0v) is 9.48. The van der Waals surface area contributed by atoms with Crippen LogP contribution < -0.4 is 5.32 Å². The van der Waals surface area contributed by atoms with Gasteiger partial charge in [0.15, 0.2) is 0 Å². The first-order chi connectivity index (χ1) is 8.15. The topological polar surface area (TPSA) is 66.4 Å². The number of amides is 1. The van der Waals surface area contributed by atoms with E-state index in [0.29, 0.717) is 5.92 Å². The molecule has 0 spiro atoms. The Morgan fingerprint density at radius 3 is 2.76 bits per heavy atom. The zero-order valence-electron chi connectivity index (χ0n) is 9.48. The summed E-state index contributed by atoms with van der Waals surface area (Å²) in [4.78, 5) is 22.3. The molecule has 1 aliphatic rings. The van der Waals surface area contributed by atoms with Gasteiger partial charge in [0.25, 0.3) is 0 Å². The molecule has 0 aliphatic heterocycles. The predicted molar refractivity (Wildman–Crippen MR) is 62.8 cm³/mol. The van der Waals surface area contributed by atoms with E-state index in [-0.39, 0.29) is 17.9 Å². The molecule has 90 valence electrons. The van der Waals surface area contributed by atoms with Crippen molar-refractivity contribution in [1.29, 1.82) is 0 Å². The van der Waals surface area contributed by atoms with Gasteiger partial charge in [-0.2, -0.15) is 0 Å². The molecule has 17 heavy (non-hydrogen) atoms. The second-order valence-electron chi connectivity index (χ2n) is 4.43. The lowest BCUT2D eigenvalue weighted by molar-refractivity contribution is -0.120. The molecule has 2 rings (SSSR count). The van der Waals surface area contributed by atoms with Gasteiger partial charge in [-0.05, 0) is 36.5 Å². The van der Waals surface area contributed by atoms with E-state index in [1.165, 1.54) is 18.9 Å². The fraction of sp³-hybridized carbons (Fsp3) is 0.385. The van der Waals surface area contributed by atoms with E-state index < -0.39 is 5.97 Å². The van der Waals surface area contributed by atoms with Crippen LogP contribution in [0, 0.1) is 5.92 Å². The number of hydrogen-bond acceptors (Lipinski definition) is 2. The molecule has 1 aliphatic carbocycles. The van der Waals surface area contributed by atoms with Crippen LogP contribution in [0.4, 0.5) is 0 Å². The predicted octanol–water partition coefficient (Wildman–Crippen LogP) is 1.45. The number of carbonyl (C=O) groups excluding carboxylic acids is 1. The molecule has 0 heterocycles. The molecule has 1 saturated carbocycles. The van der Waals surface area contributed by atoms with Crippen molar-refractivity contribution in [2.75, 3.05) is 6.54 Å². The molecule has 2 N–H and O–H groups in total. The van der Waals surface area contributed by atoms with Gasteiger partial charge in [0, 0.05) is 6.54 Å². The average molecular weight is 233 g/mol. The zero-order chi connectivity index (χ0) is 12.3. The van der Waals surface area contributed by atoms with Gasteiger partial charge in [0.05, 0.1) is 12.0 Å². The molecule has 1 aromatic carbocycles. The minimum absolute atomic E-state index is 0.0422. The number of aromatic carboxylic acids is 1. The highest BCUT2D eigenvalue weighted by Crippen LogP contribution is 2.27. The Bertz CT molecular complexity index is 438. The lowest BCUT2D eigenvalue weighted by Crippen LogP contribution is -2.27. The number of carboxylic acids is 1. The number of nitrogens with one attached hydrogen (secondary N) is 1. The standard InChI is InChI=1S/C13H15NO3/c15-12(14-8-9-4-5-9)7-10-2-1-3-11(6-10)13(16)17/h1-3,6,9H,4-5,7-8H2,(H,14,15)(H,16,17).